The lowest BCUT2D eigenvalue weighted by atomic mass is 9.86. The summed E-state index contributed by atoms with van der Waals surface area (Å²) in [4.78, 5) is 0. The summed E-state index contributed by atoms with van der Waals surface area (Å²) in [6.45, 7) is 20.6. The van der Waals surface area contributed by atoms with E-state index in [9.17, 15) is 8.78 Å². The van der Waals surface area contributed by atoms with Crippen LogP contribution >= 0.6 is 0 Å². The monoisotopic (exact) mass is 462 g/mol. The summed E-state index contributed by atoms with van der Waals surface area (Å²) >= 11 is 0. The van der Waals surface area contributed by atoms with E-state index in [4.69, 9.17) is 9.47 Å². The normalized spacial score (nSPS) is 12.1. The van der Waals surface area contributed by atoms with E-state index in [-0.39, 0.29) is 22.8 Å². The van der Waals surface area contributed by atoms with Gasteiger partial charge in [0.2, 0.25) is 0 Å². The van der Waals surface area contributed by atoms with Crippen molar-refractivity contribution < 1.29 is 18.3 Å². The lowest BCUT2D eigenvalue weighted by Gasteiger charge is -2.21. The Labute approximate surface area is 201 Å². The minimum absolute atomic E-state index is 0.178. The Bertz CT molecular complexity index is 806. The van der Waals surface area contributed by atoms with E-state index in [1.807, 2.05) is 53.7 Å². The van der Waals surface area contributed by atoms with Crippen molar-refractivity contribution >= 4 is 0 Å². The summed E-state index contributed by atoms with van der Waals surface area (Å²) in [5, 5.41) is 0. The van der Waals surface area contributed by atoms with Crippen molar-refractivity contribution in [2.45, 2.75) is 80.1 Å². The molecule has 0 aromatic heterocycles. The van der Waals surface area contributed by atoms with Crippen LogP contribution in [0.25, 0.3) is 0 Å². The highest BCUT2D eigenvalue weighted by Crippen LogP contribution is 2.33. The van der Waals surface area contributed by atoms with Crippen LogP contribution in [-0.4, -0.2) is 13.2 Å². The van der Waals surface area contributed by atoms with Gasteiger partial charge in [-0.2, -0.15) is 0 Å². The molecular weight excluding hydrogens is 418 g/mol. The number of hydrogen-bond donors (Lipinski definition) is 0. The van der Waals surface area contributed by atoms with Gasteiger partial charge in [-0.3, -0.25) is 0 Å². The first-order valence-corrected chi connectivity index (χ1v) is 12.1. The number of aryl methyl sites for hydroxylation is 1. The fourth-order valence-electron chi connectivity index (χ4n) is 2.56. The first-order valence-electron chi connectivity index (χ1n) is 12.1. The predicted molar refractivity (Wildman–Crippen MR) is 137 cm³/mol. The number of hydrogen-bond acceptors (Lipinski definition) is 2. The van der Waals surface area contributed by atoms with Crippen LogP contribution in [-0.2, 0) is 5.41 Å². The van der Waals surface area contributed by atoms with Crippen LogP contribution in [0.1, 0.15) is 78.9 Å². The largest absolute Gasteiger partial charge is 0.490 e. The third-order valence-corrected chi connectivity index (χ3v) is 4.39. The van der Waals surface area contributed by atoms with Gasteiger partial charge in [0.15, 0.2) is 23.1 Å². The van der Waals surface area contributed by atoms with Crippen LogP contribution in [0.3, 0.4) is 0 Å². The molecule has 33 heavy (non-hydrogen) atoms. The van der Waals surface area contributed by atoms with Crippen LogP contribution in [0.5, 0.6) is 11.5 Å². The summed E-state index contributed by atoms with van der Waals surface area (Å²) < 4.78 is 37.6. The molecule has 0 spiro atoms. The molecule has 0 heterocycles. The number of halogens is 2. The van der Waals surface area contributed by atoms with E-state index in [0.29, 0.717) is 24.9 Å². The molecule has 2 aromatic rings. The fraction of sp³-hybridized carbons (Fsp3) is 0.517. The van der Waals surface area contributed by atoms with E-state index in [1.54, 1.807) is 24.3 Å². The molecular formula is C29H44F2O2. The minimum Gasteiger partial charge on any atom is -0.490 e. The second kappa shape index (κ2) is 16.3. The van der Waals surface area contributed by atoms with Crippen molar-refractivity contribution in [2.75, 3.05) is 13.2 Å². The highest BCUT2D eigenvalue weighted by Gasteiger charge is 2.24. The minimum atomic E-state index is -0.331. The highest BCUT2D eigenvalue weighted by atomic mass is 19.1. The van der Waals surface area contributed by atoms with Crippen LogP contribution in [0.15, 0.2) is 49.1 Å². The molecule has 0 bridgehead atoms. The van der Waals surface area contributed by atoms with Crippen molar-refractivity contribution in [1.82, 2.24) is 0 Å². The molecule has 0 saturated heterocycles. The summed E-state index contributed by atoms with van der Waals surface area (Å²) in [6.07, 6.45) is 5.28. The molecule has 0 amide bonds. The van der Waals surface area contributed by atoms with Crippen molar-refractivity contribution in [2.24, 2.45) is 5.92 Å². The SMILES string of the molecule is C=CCOc1cc(C)ccc1F.CC.CC(C)(C)c1cccc(OCC2CC2)c1F.CCC. The van der Waals surface area contributed by atoms with Crippen molar-refractivity contribution in [3.05, 3.63) is 71.8 Å². The number of benzene rings is 2. The van der Waals surface area contributed by atoms with Crippen LogP contribution < -0.4 is 9.47 Å². The lowest BCUT2D eigenvalue weighted by Crippen LogP contribution is -2.14. The molecule has 1 aliphatic carbocycles. The molecule has 0 radical (unpaired) electrons. The van der Waals surface area contributed by atoms with Gasteiger partial charge in [0.1, 0.15) is 6.61 Å². The Morgan fingerprint density at radius 1 is 1.00 bits per heavy atom. The zero-order valence-corrected chi connectivity index (χ0v) is 21.9. The van der Waals surface area contributed by atoms with Gasteiger partial charge in [0, 0.05) is 0 Å². The topological polar surface area (TPSA) is 18.5 Å². The molecule has 3 rings (SSSR count). The second-order valence-corrected chi connectivity index (χ2v) is 8.86. The predicted octanol–water partition coefficient (Wildman–Crippen LogP) is 9.05. The molecule has 4 heteroatoms. The molecule has 1 saturated carbocycles. The molecule has 186 valence electrons. The molecule has 2 aromatic carbocycles. The standard InChI is InChI=1S/C14H19FO.C10H11FO.C3H8.C2H6/c1-14(2,3)11-5-4-6-12(13(11)15)16-9-10-7-8-10;1-3-6-12-10-7-8(2)4-5-9(10)11;1-3-2;1-2/h4-6,10H,7-9H2,1-3H3;3-5,7H,1,6H2,2H3;3H2,1-2H3;1-2H3. The van der Waals surface area contributed by atoms with Crippen LogP contribution in [0.4, 0.5) is 8.78 Å². The lowest BCUT2D eigenvalue weighted by molar-refractivity contribution is 0.282. The third kappa shape index (κ3) is 12.5. The van der Waals surface area contributed by atoms with Gasteiger partial charge in [0.25, 0.3) is 0 Å². The van der Waals surface area contributed by atoms with Crippen molar-refractivity contribution in [3.8, 4) is 11.5 Å². The van der Waals surface area contributed by atoms with Gasteiger partial charge in [-0.25, -0.2) is 8.78 Å². The number of rotatable bonds is 6. The summed E-state index contributed by atoms with van der Waals surface area (Å²) in [5.41, 5.74) is 1.53. The Hall–Kier alpha value is -2.36. The van der Waals surface area contributed by atoms with Gasteiger partial charge in [-0.05, 0) is 60.4 Å². The average molecular weight is 463 g/mol. The molecule has 0 aliphatic heterocycles. The molecule has 1 fully saturated rings. The van der Waals surface area contributed by atoms with E-state index in [0.717, 1.165) is 11.1 Å². The third-order valence-electron chi connectivity index (χ3n) is 4.39. The van der Waals surface area contributed by atoms with Gasteiger partial charge >= 0.3 is 0 Å². The second-order valence-electron chi connectivity index (χ2n) is 8.86. The maximum absolute atomic E-state index is 14.1. The molecule has 0 N–H and O–H groups in total. The molecule has 1 aliphatic rings. The molecule has 0 atom stereocenters. The van der Waals surface area contributed by atoms with Crippen molar-refractivity contribution in [1.29, 1.82) is 0 Å². The van der Waals surface area contributed by atoms with Gasteiger partial charge in [0.05, 0.1) is 6.61 Å². The first-order chi connectivity index (χ1) is 15.6. The number of ether oxygens (including phenoxy) is 2. The summed E-state index contributed by atoms with van der Waals surface area (Å²) in [5.74, 6) is 0.810. The van der Waals surface area contributed by atoms with Gasteiger partial charge < -0.3 is 9.47 Å². The zero-order chi connectivity index (χ0) is 25.4. The van der Waals surface area contributed by atoms with Crippen molar-refractivity contribution in [3.63, 3.8) is 0 Å². The zero-order valence-electron chi connectivity index (χ0n) is 21.9. The van der Waals surface area contributed by atoms with E-state index in [2.05, 4.69) is 20.4 Å². The Morgan fingerprint density at radius 3 is 2.12 bits per heavy atom. The summed E-state index contributed by atoms with van der Waals surface area (Å²) in [6, 6.07) is 10.2. The van der Waals surface area contributed by atoms with E-state index in [1.165, 1.54) is 25.3 Å². The van der Waals surface area contributed by atoms with Crippen LogP contribution in [0.2, 0.25) is 0 Å². The fourth-order valence-corrected chi connectivity index (χ4v) is 2.56. The van der Waals surface area contributed by atoms with Gasteiger partial charge in [-0.15, -0.1) is 0 Å². The van der Waals surface area contributed by atoms with Crippen LogP contribution in [0, 0.1) is 24.5 Å². The molecule has 2 nitrogen and oxygen atoms in total. The molecule has 0 unspecified atom stereocenters. The van der Waals surface area contributed by atoms with E-state index < -0.39 is 0 Å². The maximum atomic E-state index is 14.1. The Morgan fingerprint density at radius 2 is 1.61 bits per heavy atom. The Balaban J connectivity index is 0.000000535. The quantitative estimate of drug-likeness (QED) is 0.399. The smallest absolute Gasteiger partial charge is 0.168 e. The van der Waals surface area contributed by atoms with E-state index >= 15 is 0 Å². The maximum Gasteiger partial charge on any atom is 0.168 e. The summed E-state index contributed by atoms with van der Waals surface area (Å²) in [7, 11) is 0. The van der Waals surface area contributed by atoms with Gasteiger partial charge in [-0.1, -0.05) is 85.7 Å². The Kier molecular flexibility index (Phi) is 15.1. The first kappa shape index (κ1) is 30.6. The highest BCUT2D eigenvalue weighted by molar-refractivity contribution is 5.35. The average Bonchev–Trinajstić information content (AvgIpc) is 3.60.